The summed E-state index contributed by atoms with van der Waals surface area (Å²) in [7, 11) is 0. The van der Waals surface area contributed by atoms with Crippen LogP contribution < -0.4 is 15.4 Å². The van der Waals surface area contributed by atoms with Gasteiger partial charge in [-0.25, -0.2) is 0 Å². The van der Waals surface area contributed by atoms with Gasteiger partial charge in [0.15, 0.2) is 6.61 Å². The van der Waals surface area contributed by atoms with Crippen LogP contribution in [0.3, 0.4) is 0 Å². The van der Waals surface area contributed by atoms with Gasteiger partial charge in [-0.05, 0) is 37.1 Å². The summed E-state index contributed by atoms with van der Waals surface area (Å²) in [5.41, 5.74) is 1.18. The molecule has 2 aromatic carbocycles. The molecule has 2 amide bonds. The molecule has 0 saturated heterocycles. The summed E-state index contributed by atoms with van der Waals surface area (Å²) in [4.78, 5) is 23.9. The van der Waals surface area contributed by atoms with Gasteiger partial charge in [-0.3, -0.25) is 9.59 Å². The summed E-state index contributed by atoms with van der Waals surface area (Å²) in [6, 6.07) is 9.82. The Morgan fingerprint density at radius 2 is 1.62 bits per heavy atom. The molecule has 2 aromatic rings. The third-order valence-corrected chi connectivity index (χ3v) is 4.71. The third-order valence-electron chi connectivity index (χ3n) is 3.70. The van der Waals surface area contributed by atoms with E-state index in [0.29, 0.717) is 16.4 Å². The van der Waals surface area contributed by atoms with E-state index in [1.807, 2.05) is 0 Å². The lowest BCUT2D eigenvalue weighted by atomic mass is 10.2. The molecule has 1 saturated carbocycles. The Labute approximate surface area is 165 Å². The van der Waals surface area contributed by atoms with Gasteiger partial charge in [0.1, 0.15) is 5.75 Å². The number of carbonyl (C=O) groups is 2. The molecule has 0 bridgehead atoms. The van der Waals surface area contributed by atoms with Crippen molar-refractivity contribution in [3.8, 4) is 5.75 Å². The summed E-state index contributed by atoms with van der Waals surface area (Å²) < 4.78 is 5.38. The topological polar surface area (TPSA) is 67.4 Å². The SMILES string of the molecule is O=C(COc1cc(Cl)c(Cl)cc1Cl)Nc1cccc(NC(=O)C2CC2)c1. The molecule has 26 heavy (non-hydrogen) atoms. The minimum atomic E-state index is -0.377. The smallest absolute Gasteiger partial charge is 0.262 e. The predicted octanol–water partition coefficient (Wildman–Crippen LogP) is 5.01. The first-order chi connectivity index (χ1) is 12.4. The monoisotopic (exact) mass is 412 g/mol. The summed E-state index contributed by atoms with van der Waals surface area (Å²) in [5, 5.41) is 6.38. The maximum Gasteiger partial charge on any atom is 0.262 e. The van der Waals surface area contributed by atoms with Crippen LogP contribution in [0.4, 0.5) is 11.4 Å². The lowest BCUT2D eigenvalue weighted by Crippen LogP contribution is -2.20. The first-order valence-electron chi connectivity index (χ1n) is 7.90. The maximum atomic E-state index is 12.1. The second kappa shape index (κ2) is 8.16. The molecule has 0 aromatic heterocycles. The lowest BCUT2D eigenvalue weighted by Gasteiger charge is -2.11. The van der Waals surface area contributed by atoms with Gasteiger partial charge in [0.25, 0.3) is 5.91 Å². The minimum absolute atomic E-state index is 0.00562. The van der Waals surface area contributed by atoms with Gasteiger partial charge >= 0.3 is 0 Å². The highest BCUT2D eigenvalue weighted by atomic mass is 35.5. The summed E-state index contributed by atoms with van der Waals surface area (Å²) in [6.45, 7) is -0.254. The number of amides is 2. The Hall–Kier alpha value is -1.95. The van der Waals surface area contributed by atoms with Crippen molar-refractivity contribution < 1.29 is 14.3 Å². The van der Waals surface area contributed by atoms with Gasteiger partial charge in [0.05, 0.1) is 15.1 Å². The van der Waals surface area contributed by atoms with Crippen LogP contribution in [0, 0.1) is 5.92 Å². The molecule has 2 N–H and O–H groups in total. The Morgan fingerprint density at radius 1 is 0.962 bits per heavy atom. The average molecular weight is 414 g/mol. The Kier molecular flexibility index (Phi) is 5.91. The van der Waals surface area contributed by atoms with E-state index >= 15 is 0 Å². The lowest BCUT2D eigenvalue weighted by molar-refractivity contribution is -0.118. The molecule has 1 aliphatic carbocycles. The van der Waals surface area contributed by atoms with E-state index in [4.69, 9.17) is 39.5 Å². The standard InChI is InChI=1S/C18H15Cl3N2O3/c19-13-7-15(21)16(8-14(13)20)26-9-17(24)22-11-2-1-3-12(6-11)23-18(25)10-4-5-10/h1-3,6-8,10H,4-5,9H2,(H,22,24)(H,23,25). The van der Waals surface area contributed by atoms with E-state index < -0.39 is 0 Å². The van der Waals surface area contributed by atoms with Crippen molar-refractivity contribution in [2.75, 3.05) is 17.2 Å². The molecule has 0 radical (unpaired) electrons. The minimum Gasteiger partial charge on any atom is -0.482 e. The zero-order valence-corrected chi connectivity index (χ0v) is 15.8. The number of carbonyl (C=O) groups excluding carboxylic acids is 2. The van der Waals surface area contributed by atoms with Crippen molar-refractivity contribution in [1.29, 1.82) is 0 Å². The number of hydrogen-bond acceptors (Lipinski definition) is 3. The highest BCUT2D eigenvalue weighted by Crippen LogP contribution is 2.34. The molecule has 0 aliphatic heterocycles. The Bertz CT molecular complexity index is 854. The molecule has 0 heterocycles. The van der Waals surface area contributed by atoms with Gasteiger partial charge in [-0.1, -0.05) is 40.9 Å². The van der Waals surface area contributed by atoms with Crippen LogP contribution in [0.1, 0.15) is 12.8 Å². The molecule has 8 heteroatoms. The molecule has 0 atom stereocenters. The molecule has 5 nitrogen and oxygen atoms in total. The normalized spacial score (nSPS) is 13.2. The van der Waals surface area contributed by atoms with Crippen LogP contribution in [0.15, 0.2) is 36.4 Å². The van der Waals surface area contributed by atoms with Crippen molar-refractivity contribution in [3.05, 3.63) is 51.5 Å². The summed E-state index contributed by atoms with van der Waals surface area (Å²) in [5.74, 6) is 0.00290. The number of rotatable bonds is 6. The van der Waals surface area contributed by atoms with Crippen LogP contribution >= 0.6 is 34.8 Å². The van der Waals surface area contributed by atoms with Crippen LogP contribution in [0.2, 0.25) is 15.1 Å². The predicted molar refractivity (Wildman–Crippen MR) is 103 cm³/mol. The fraction of sp³-hybridized carbons (Fsp3) is 0.222. The van der Waals surface area contributed by atoms with Crippen molar-refractivity contribution in [3.63, 3.8) is 0 Å². The number of anilines is 2. The number of benzene rings is 2. The van der Waals surface area contributed by atoms with Crippen LogP contribution in [-0.4, -0.2) is 18.4 Å². The first-order valence-corrected chi connectivity index (χ1v) is 9.04. The molecule has 3 rings (SSSR count). The number of nitrogens with one attached hydrogen (secondary N) is 2. The van der Waals surface area contributed by atoms with Crippen LogP contribution in [0.25, 0.3) is 0 Å². The molecular weight excluding hydrogens is 399 g/mol. The highest BCUT2D eigenvalue weighted by Gasteiger charge is 2.29. The molecule has 136 valence electrons. The quantitative estimate of drug-likeness (QED) is 0.654. The van der Waals surface area contributed by atoms with Crippen molar-refractivity contribution in [1.82, 2.24) is 0 Å². The second-order valence-electron chi connectivity index (χ2n) is 5.88. The van der Waals surface area contributed by atoms with Gasteiger partial charge in [-0.15, -0.1) is 0 Å². The van der Waals surface area contributed by atoms with E-state index in [2.05, 4.69) is 10.6 Å². The maximum absolute atomic E-state index is 12.1. The summed E-state index contributed by atoms with van der Waals surface area (Å²) in [6.07, 6.45) is 1.85. The fourth-order valence-electron chi connectivity index (χ4n) is 2.22. The fourth-order valence-corrected chi connectivity index (χ4v) is 2.81. The van der Waals surface area contributed by atoms with Crippen molar-refractivity contribution in [2.24, 2.45) is 5.92 Å². The molecule has 0 spiro atoms. The third kappa shape index (κ3) is 5.04. The van der Waals surface area contributed by atoms with E-state index in [1.54, 1.807) is 24.3 Å². The number of ether oxygens (including phenoxy) is 1. The van der Waals surface area contributed by atoms with Gasteiger partial charge in [0.2, 0.25) is 5.91 Å². The summed E-state index contributed by atoms with van der Waals surface area (Å²) >= 11 is 17.8. The molecular formula is C18H15Cl3N2O3. The Morgan fingerprint density at radius 3 is 2.31 bits per heavy atom. The molecule has 1 aliphatic rings. The Balaban J connectivity index is 1.56. The van der Waals surface area contributed by atoms with Gasteiger partial charge in [0, 0.05) is 23.4 Å². The average Bonchev–Trinajstić information content (AvgIpc) is 3.42. The van der Waals surface area contributed by atoms with E-state index in [9.17, 15) is 9.59 Å². The molecule has 0 unspecified atom stereocenters. The first kappa shape index (κ1) is 18.8. The zero-order chi connectivity index (χ0) is 18.7. The van der Waals surface area contributed by atoms with Crippen molar-refractivity contribution in [2.45, 2.75) is 12.8 Å². The number of hydrogen-bond donors (Lipinski definition) is 2. The van der Waals surface area contributed by atoms with Crippen LogP contribution in [-0.2, 0) is 9.59 Å². The van der Waals surface area contributed by atoms with E-state index in [0.717, 1.165) is 12.8 Å². The largest absolute Gasteiger partial charge is 0.482 e. The van der Waals surface area contributed by atoms with Gasteiger partial charge < -0.3 is 15.4 Å². The van der Waals surface area contributed by atoms with E-state index in [1.165, 1.54) is 12.1 Å². The second-order valence-corrected chi connectivity index (χ2v) is 7.10. The van der Waals surface area contributed by atoms with Crippen molar-refractivity contribution >= 4 is 58.0 Å². The number of halogens is 3. The van der Waals surface area contributed by atoms with Crippen LogP contribution in [0.5, 0.6) is 5.75 Å². The zero-order valence-electron chi connectivity index (χ0n) is 13.5. The van der Waals surface area contributed by atoms with E-state index in [-0.39, 0.29) is 40.1 Å². The highest BCUT2D eigenvalue weighted by molar-refractivity contribution is 6.43. The molecule has 1 fully saturated rings. The van der Waals surface area contributed by atoms with Gasteiger partial charge in [-0.2, -0.15) is 0 Å².